The predicted molar refractivity (Wildman–Crippen MR) is 104 cm³/mol. The molecule has 8 heteroatoms. The standard InChI is InChI=1S/C18H23N3O3S2/c1-13-8-14(2)10-16(9-13)21-6-5-19-18(21)25-11-17(22)20(3)15-4-7-26(23,24)12-15/h5-6,8-10,15H,4,7,11-12H2,1-3H3/t15-/m0/s1. The Morgan fingerprint density at radius 2 is 2.00 bits per heavy atom. The lowest BCUT2D eigenvalue weighted by atomic mass is 10.1. The summed E-state index contributed by atoms with van der Waals surface area (Å²) in [6.07, 6.45) is 4.12. The number of aryl methyl sites for hydroxylation is 2. The highest BCUT2D eigenvalue weighted by Gasteiger charge is 2.32. The van der Waals surface area contributed by atoms with E-state index in [0.29, 0.717) is 6.42 Å². The molecule has 1 saturated heterocycles. The van der Waals surface area contributed by atoms with E-state index < -0.39 is 9.84 Å². The van der Waals surface area contributed by atoms with E-state index in [-0.39, 0.29) is 29.2 Å². The van der Waals surface area contributed by atoms with Crippen molar-refractivity contribution in [3.05, 3.63) is 41.7 Å². The normalized spacial score (nSPS) is 18.8. The largest absolute Gasteiger partial charge is 0.341 e. The van der Waals surface area contributed by atoms with Crippen molar-refractivity contribution in [2.45, 2.75) is 31.5 Å². The zero-order chi connectivity index (χ0) is 18.9. The van der Waals surface area contributed by atoms with Gasteiger partial charge in [0.2, 0.25) is 5.91 Å². The number of hydrogen-bond donors (Lipinski definition) is 0. The second kappa shape index (κ2) is 7.44. The van der Waals surface area contributed by atoms with Crippen molar-refractivity contribution in [2.24, 2.45) is 0 Å². The van der Waals surface area contributed by atoms with E-state index in [2.05, 4.69) is 23.2 Å². The maximum Gasteiger partial charge on any atom is 0.233 e. The number of thioether (sulfide) groups is 1. The fourth-order valence-corrected chi connectivity index (χ4v) is 5.87. The van der Waals surface area contributed by atoms with Gasteiger partial charge in [-0.3, -0.25) is 9.36 Å². The first-order valence-corrected chi connectivity index (χ1v) is 11.3. The Morgan fingerprint density at radius 3 is 2.62 bits per heavy atom. The number of sulfone groups is 1. The number of carbonyl (C=O) groups is 1. The van der Waals surface area contributed by atoms with Gasteiger partial charge in [-0.1, -0.05) is 17.8 Å². The van der Waals surface area contributed by atoms with Gasteiger partial charge in [0.25, 0.3) is 0 Å². The lowest BCUT2D eigenvalue weighted by molar-refractivity contribution is -0.128. The van der Waals surface area contributed by atoms with E-state index in [1.807, 2.05) is 24.6 Å². The van der Waals surface area contributed by atoms with Crippen LogP contribution in [-0.4, -0.2) is 59.1 Å². The predicted octanol–water partition coefficient (Wildman–Crippen LogP) is 2.23. The number of nitrogens with zero attached hydrogens (tertiary/aromatic N) is 3. The molecule has 0 aliphatic carbocycles. The van der Waals surface area contributed by atoms with Gasteiger partial charge in [0, 0.05) is 31.2 Å². The monoisotopic (exact) mass is 393 g/mol. The summed E-state index contributed by atoms with van der Waals surface area (Å²) in [6.45, 7) is 4.10. The van der Waals surface area contributed by atoms with E-state index in [4.69, 9.17) is 0 Å². The molecule has 0 saturated carbocycles. The zero-order valence-corrected chi connectivity index (χ0v) is 16.8. The molecule has 3 rings (SSSR count). The van der Waals surface area contributed by atoms with Crippen LogP contribution in [0.15, 0.2) is 35.7 Å². The minimum Gasteiger partial charge on any atom is -0.341 e. The molecule has 0 bridgehead atoms. The fourth-order valence-electron chi connectivity index (χ4n) is 3.20. The summed E-state index contributed by atoms with van der Waals surface area (Å²) in [7, 11) is -1.31. The van der Waals surface area contributed by atoms with Crippen LogP contribution in [0.25, 0.3) is 5.69 Å². The average Bonchev–Trinajstić information content (AvgIpc) is 3.17. The summed E-state index contributed by atoms with van der Waals surface area (Å²) in [5.74, 6) is 0.387. The fraction of sp³-hybridized carbons (Fsp3) is 0.444. The first-order valence-electron chi connectivity index (χ1n) is 8.46. The van der Waals surface area contributed by atoms with Crippen molar-refractivity contribution in [1.29, 1.82) is 0 Å². The molecule has 1 aliphatic rings. The Labute approximate surface area is 158 Å². The molecular formula is C18H23N3O3S2. The van der Waals surface area contributed by atoms with Crippen molar-refractivity contribution < 1.29 is 13.2 Å². The van der Waals surface area contributed by atoms with Gasteiger partial charge in [-0.2, -0.15) is 0 Å². The molecule has 0 radical (unpaired) electrons. The summed E-state index contributed by atoms with van der Waals surface area (Å²) in [6, 6.07) is 6.06. The lowest BCUT2D eigenvalue weighted by Gasteiger charge is -2.23. The van der Waals surface area contributed by atoms with E-state index in [0.717, 1.165) is 10.8 Å². The second-order valence-electron chi connectivity index (χ2n) is 6.78. The van der Waals surface area contributed by atoms with Crippen LogP contribution in [0.1, 0.15) is 17.5 Å². The Hall–Kier alpha value is -1.80. The Bertz CT molecular complexity index is 901. The second-order valence-corrected chi connectivity index (χ2v) is 9.95. The zero-order valence-electron chi connectivity index (χ0n) is 15.2. The van der Waals surface area contributed by atoms with Gasteiger partial charge in [0.15, 0.2) is 15.0 Å². The van der Waals surface area contributed by atoms with Crippen molar-refractivity contribution in [2.75, 3.05) is 24.3 Å². The Morgan fingerprint density at radius 1 is 1.31 bits per heavy atom. The molecule has 0 N–H and O–H groups in total. The lowest BCUT2D eigenvalue weighted by Crippen LogP contribution is -2.38. The maximum atomic E-state index is 12.5. The molecule has 1 amide bonds. The molecular weight excluding hydrogens is 370 g/mol. The Kier molecular flexibility index (Phi) is 5.43. The third kappa shape index (κ3) is 4.29. The van der Waals surface area contributed by atoms with Gasteiger partial charge < -0.3 is 4.90 Å². The average molecular weight is 394 g/mol. The molecule has 140 valence electrons. The van der Waals surface area contributed by atoms with Crippen LogP contribution in [0.3, 0.4) is 0 Å². The molecule has 1 atom stereocenters. The highest BCUT2D eigenvalue weighted by molar-refractivity contribution is 7.99. The topological polar surface area (TPSA) is 72.3 Å². The Balaban J connectivity index is 1.67. The number of hydrogen-bond acceptors (Lipinski definition) is 5. The third-order valence-electron chi connectivity index (χ3n) is 4.57. The van der Waals surface area contributed by atoms with Crippen LogP contribution in [0.5, 0.6) is 0 Å². The van der Waals surface area contributed by atoms with Crippen molar-refractivity contribution in [1.82, 2.24) is 14.5 Å². The highest BCUT2D eigenvalue weighted by Crippen LogP contribution is 2.23. The van der Waals surface area contributed by atoms with Crippen LogP contribution >= 0.6 is 11.8 Å². The molecule has 1 aromatic heterocycles. The minimum atomic E-state index is -3.00. The van der Waals surface area contributed by atoms with Crippen molar-refractivity contribution in [3.8, 4) is 5.69 Å². The molecule has 2 aromatic rings. The van der Waals surface area contributed by atoms with Gasteiger partial charge in [-0.15, -0.1) is 0 Å². The first kappa shape index (κ1) is 19.0. The summed E-state index contributed by atoms with van der Waals surface area (Å²) in [5.41, 5.74) is 3.36. The summed E-state index contributed by atoms with van der Waals surface area (Å²) in [5, 5.41) is 0.746. The maximum absolute atomic E-state index is 12.5. The van der Waals surface area contributed by atoms with E-state index in [1.165, 1.54) is 22.9 Å². The number of aromatic nitrogens is 2. The third-order valence-corrected chi connectivity index (χ3v) is 7.27. The van der Waals surface area contributed by atoms with Crippen molar-refractivity contribution >= 4 is 27.5 Å². The first-order chi connectivity index (χ1) is 12.2. The number of rotatable bonds is 5. The summed E-state index contributed by atoms with van der Waals surface area (Å²) in [4.78, 5) is 18.4. The van der Waals surface area contributed by atoms with E-state index in [9.17, 15) is 13.2 Å². The molecule has 6 nitrogen and oxygen atoms in total. The summed E-state index contributed by atoms with van der Waals surface area (Å²) >= 11 is 1.37. The smallest absolute Gasteiger partial charge is 0.233 e. The molecule has 1 aliphatic heterocycles. The van der Waals surface area contributed by atoms with Crippen LogP contribution < -0.4 is 0 Å². The van der Waals surface area contributed by atoms with Crippen LogP contribution in [0.4, 0.5) is 0 Å². The van der Waals surface area contributed by atoms with E-state index >= 15 is 0 Å². The molecule has 0 spiro atoms. The number of amides is 1. The van der Waals surface area contributed by atoms with Crippen LogP contribution in [0.2, 0.25) is 0 Å². The van der Waals surface area contributed by atoms with Gasteiger partial charge in [-0.05, 0) is 43.5 Å². The highest BCUT2D eigenvalue weighted by atomic mass is 32.2. The SMILES string of the molecule is Cc1cc(C)cc(-n2ccnc2SCC(=O)N(C)[C@H]2CCS(=O)(=O)C2)c1. The summed E-state index contributed by atoms with van der Waals surface area (Å²) < 4.78 is 25.2. The van der Waals surface area contributed by atoms with Crippen LogP contribution in [-0.2, 0) is 14.6 Å². The number of imidazole rings is 1. The van der Waals surface area contributed by atoms with Crippen LogP contribution in [0, 0.1) is 13.8 Å². The van der Waals surface area contributed by atoms with Crippen molar-refractivity contribution in [3.63, 3.8) is 0 Å². The van der Waals surface area contributed by atoms with Gasteiger partial charge in [-0.25, -0.2) is 13.4 Å². The molecule has 2 heterocycles. The van der Waals surface area contributed by atoms with E-state index in [1.54, 1.807) is 18.1 Å². The minimum absolute atomic E-state index is 0.0666. The molecule has 26 heavy (non-hydrogen) atoms. The molecule has 1 aromatic carbocycles. The van der Waals surface area contributed by atoms with Gasteiger partial charge >= 0.3 is 0 Å². The molecule has 0 unspecified atom stereocenters. The molecule has 1 fully saturated rings. The van der Waals surface area contributed by atoms with Gasteiger partial charge in [0.1, 0.15) is 0 Å². The number of carbonyl (C=O) groups excluding carboxylic acids is 1. The quantitative estimate of drug-likeness (QED) is 0.729. The van der Waals surface area contributed by atoms with Gasteiger partial charge in [0.05, 0.1) is 17.3 Å². The number of benzene rings is 1.